The molecule has 134 valence electrons. The maximum Gasteiger partial charge on any atom is 0.170 e. The number of likely N-dealkylation sites (tertiary alicyclic amines) is 1. The molecule has 0 spiro atoms. The van der Waals surface area contributed by atoms with Crippen LogP contribution in [0.2, 0.25) is 0 Å². The summed E-state index contributed by atoms with van der Waals surface area (Å²) in [5.74, 6) is 2.44. The first-order chi connectivity index (χ1) is 12.8. The van der Waals surface area contributed by atoms with E-state index >= 15 is 0 Å². The van der Waals surface area contributed by atoms with Gasteiger partial charge in [-0.25, -0.2) is 4.98 Å². The zero-order chi connectivity index (χ0) is 17.8. The lowest BCUT2D eigenvalue weighted by Gasteiger charge is -2.16. The third-order valence-corrected chi connectivity index (χ3v) is 4.73. The first kappa shape index (κ1) is 16.7. The number of rotatable bonds is 6. The largest absolute Gasteiger partial charge is 0.370 e. The molecule has 4 rings (SSSR count). The van der Waals surface area contributed by atoms with Crippen LogP contribution in [-0.4, -0.2) is 49.7 Å². The van der Waals surface area contributed by atoms with Crippen molar-refractivity contribution in [1.82, 2.24) is 30.1 Å². The first-order valence-electron chi connectivity index (χ1n) is 9.00. The quantitative estimate of drug-likeness (QED) is 0.736. The number of anilines is 1. The summed E-state index contributed by atoms with van der Waals surface area (Å²) in [7, 11) is 0. The van der Waals surface area contributed by atoms with Crippen LogP contribution >= 0.6 is 0 Å². The van der Waals surface area contributed by atoms with Gasteiger partial charge in [0.2, 0.25) is 0 Å². The van der Waals surface area contributed by atoms with E-state index in [2.05, 4.69) is 30.7 Å². The van der Waals surface area contributed by atoms with Crippen molar-refractivity contribution in [2.45, 2.75) is 19.9 Å². The highest BCUT2D eigenvalue weighted by molar-refractivity contribution is 5.35. The summed E-state index contributed by atoms with van der Waals surface area (Å²) in [6, 6.07) is 16.1. The van der Waals surface area contributed by atoms with E-state index in [4.69, 9.17) is 0 Å². The maximum absolute atomic E-state index is 4.50. The summed E-state index contributed by atoms with van der Waals surface area (Å²) >= 11 is 0. The summed E-state index contributed by atoms with van der Waals surface area (Å²) in [5.41, 5.74) is 2.03. The van der Waals surface area contributed by atoms with Crippen LogP contribution in [-0.2, 0) is 6.54 Å². The second kappa shape index (κ2) is 7.61. The van der Waals surface area contributed by atoms with Crippen molar-refractivity contribution in [2.24, 2.45) is 5.92 Å². The number of pyridine rings is 1. The lowest BCUT2D eigenvalue weighted by atomic mass is 10.1. The van der Waals surface area contributed by atoms with Gasteiger partial charge in [-0.2, -0.15) is 4.68 Å². The van der Waals surface area contributed by atoms with E-state index in [9.17, 15) is 0 Å². The van der Waals surface area contributed by atoms with Gasteiger partial charge in [-0.3, -0.25) is 4.90 Å². The van der Waals surface area contributed by atoms with E-state index < -0.39 is 0 Å². The first-order valence-corrected chi connectivity index (χ1v) is 9.00. The molecule has 0 radical (unpaired) electrons. The molecule has 1 fully saturated rings. The van der Waals surface area contributed by atoms with E-state index in [1.54, 1.807) is 0 Å². The molecule has 7 nitrogen and oxygen atoms in total. The summed E-state index contributed by atoms with van der Waals surface area (Å²) in [4.78, 5) is 6.92. The lowest BCUT2D eigenvalue weighted by molar-refractivity contribution is 0.307. The van der Waals surface area contributed by atoms with Crippen molar-refractivity contribution in [1.29, 1.82) is 0 Å². The molecule has 3 aromatic rings. The van der Waals surface area contributed by atoms with Gasteiger partial charge in [0.05, 0.1) is 12.2 Å². The van der Waals surface area contributed by atoms with E-state index in [1.165, 1.54) is 6.42 Å². The molecule has 0 saturated carbocycles. The zero-order valence-corrected chi connectivity index (χ0v) is 14.9. The molecule has 0 amide bonds. The standard InChI is InChI=1S/C19H23N7/c1-15-6-5-9-18(21-15)20-12-16-10-11-25(13-16)14-19-22-23-24-26(19)17-7-3-2-4-8-17/h2-9,16H,10-14H2,1H3,(H,20,21)/t16-/m1/s1. The average Bonchev–Trinajstić information content (AvgIpc) is 3.31. The Balaban J connectivity index is 1.33. The minimum absolute atomic E-state index is 0.610. The smallest absolute Gasteiger partial charge is 0.170 e. The van der Waals surface area contributed by atoms with Gasteiger partial charge in [-0.05, 0) is 60.5 Å². The second-order valence-electron chi connectivity index (χ2n) is 6.78. The maximum atomic E-state index is 4.50. The number of nitrogens with one attached hydrogen (secondary N) is 1. The van der Waals surface area contributed by atoms with Crippen LogP contribution in [0.25, 0.3) is 5.69 Å². The van der Waals surface area contributed by atoms with Gasteiger partial charge in [0.25, 0.3) is 0 Å². The Kier molecular flexibility index (Phi) is 4.88. The highest BCUT2D eigenvalue weighted by Gasteiger charge is 2.24. The van der Waals surface area contributed by atoms with Gasteiger partial charge in [0.1, 0.15) is 5.82 Å². The van der Waals surface area contributed by atoms with E-state index in [-0.39, 0.29) is 0 Å². The molecule has 1 saturated heterocycles. The Hall–Kier alpha value is -2.80. The number of aryl methyl sites for hydroxylation is 1. The fourth-order valence-corrected chi connectivity index (χ4v) is 3.39. The van der Waals surface area contributed by atoms with Gasteiger partial charge in [0.15, 0.2) is 5.82 Å². The van der Waals surface area contributed by atoms with Crippen LogP contribution in [0.15, 0.2) is 48.5 Å². The molecule has 7 heteroatoms. The highest BCUT2D eigenvalue weighted by Crippen LogP contribution is 2.19. The molecule has 1 N–H and O–H groups in total. The molecule has 2 aromatic heterocycles. The van der Waals surface area contributed by atoms with Crippen LogP contribution in [0, 0.1) is 12.8 Å². The Morgan fingerprint density at radius 3 is 2.85 bits per heavy atom. The summed E-state index contributed by atoms with van der Waals surface area (Å²) < 4.78 is 1.82. The van der Waals surface area contributed by atoms with Crippen molar-refractivity contribution >= 4 is 5.82 Å². The van der Waals surface area contributed by atoms with Crippen molar-refractivity contribution in [2.75, 3.05) is 25.0 Å². The van der Waals surface area contributed by atoms with Crippen LogP contribution in [0.1, 0.15) is 17.9 Å². The monoisotopic (exact) mass is 349 g/mol. The highest BCUT2D eigenvalue weighted by atomic mass is 15.5. The predicted octanol–water partition coefficient (Wildman–Crippen LogP) is 2.30. The number of nitrogens with zero attached hydrogens (tertiary/aromatic N) is 6. The van der Waals surface area contributed by atoms with Crippen molar-refractivity contribution < 1.29 is 0 Å². The Morgan fingerprint density at radius 2 is 2.00 bits per heavy atom. The zero-order valence-electron chi connectivity index (χ0n) is 14.9. The van der Waals surface area contributed by atoms with Crippen molar-refractivity contribution in [3.63, 3.8) is 0 Å². The average molecular weight is 349 g/mol. The van der Waals surface area contributed by atoms with Gasteiger partial charge in [0, 0.05) is 18.8 Å². The van der Waals surface area contributed by atoms with Gasteiger partial charge >= 0.3 is 0 Å². The Labute approximate surface area is 153 Å². The molecule has 1 aromatic carbocycles. The van der Waals surface area contributed by atoms with Crippen LogP contribution in [0.4, 0.5) is 5.82 Å². The van der Waals surface area contributed by atoms with Crippen LogP contribution in [0.3, 0.4) is 0 Å². The molecule has 1 aliphatic heterocycles. The number of hydrogen-bond donors (Lipinski definition) is 1. The molecule has 1 atom stereocenters. The molecule has 1 aliphatic rings. The fourth-order valence-electron chi connectivity index (χ4n) is 3.39. The Bertz CT molecular complexity index is 846. The summed E-state index contributed by atoms with van der Waals surface area (Å²) in [6.07, 6.45) is 1.17. The molecule has 0 aliphatic carbocycles. The second-order valence-corrected chi connectivity index (χ2v) is 6.78. The lowest BCUT2D eigenvalue weighted by Crippen LogP contribution is -2.24. The fraction of sp³-hybridized carbons (Fsp3) is 0.368. The molecule has 3 heterocycles. The number of benzene rings is 1. The van der Waals surface area contributed by atoms with Gasteiger partial charge < -0.3 is 5.32 Å². The molecule has 0 bridgehead atoms. The normalized spacial score (nSPS) is 17.5. The van der Waals surface area contributed by atoms with Crippen LogP contribution in [0.5, 0.6) is 0 Å². The van der Waals surface area contributed by atoms with Crippen molar-refractivity contribution in [3.8, 4) is 5.69 Å². The van der Waals surface area contributed by atoms with Gasteiger partial charge in [-0.1, -0.05) is 24.3 Å². The van der Waals surface area contributed by atoms with E-state index in [0.717, 1.165) is 49.2 Å². The SMILES string of the molecule is Cc1cccc(NC[C@H]2CCN(Cc3nnnn3-c3ccccc3)C2)n1. The molecule has 26 heavy (non-hydrogen) atoms. The number of para-hydroxylation sites is 1. The molecule has 0 unspecified atom stereocenters. The number of tetrazole rings is 1. The molecular weight excluding hydrogens is 326 g/mol. The van der Waals surface area contributed by atoms with E-state index in [0.29, 0.717) is 5.92 Å². The van der Waals surface area contributed by atoms with E-state index in [1.807, 2.05) is 60.1 Å². The summed E-state index contributed by atoms with van der Waals surface area (Å²) in [5, 5.41) is 15.7. The minimum Gasteiger partial charge on any atom is -0.370 e. The van der Waals surface area contributed by atoms with Crippen LogP contribution < -0.4 is 5.32 Å². The number of hydrogen-bond acceptors (Lipinski definition) is 6. The number of aromatic nitrogens is 5. The minimum atomic E-state index is 0.610. The topological polar surface area (TPSA) is 71.8 Å². The van der Waals surface area contributed by atoms with Crippen molar-refractivity contribution in [3.05, 3.63) is 60.0 Å². The van der Waals surface area contributed by atoms with Gasteiger partial charge in [-0.15, -0.1) is 5.10 Å². The molecular formula is C19H23N7. The predicted molar refractivity (Wildman–Crippen MR) is 100 cm³/mol. The third kappa shape index (κ3) is 3.88. The summed E-state index contributed by atoms with van der Waals surface area (Å²) in [6.45, 7) is 5.83. The third-order valence-electron chi connectivity index (χ3n) is 4.73. The Morgan fingerprint density at radius 1 is 1.12 bits per heavy atom.